The molecule has 2 aliphatic rings. The maximum Gasteiger partial charge on any atom is 0.346 e. The Hall–Kier alpha value is -2.57. The predicted octanol–water partition coefficient (Wildman–Crippen LogP) is 4.80. The summed E-state index contributed by atoms with van der Waals surface area (Å²) in [6, 6.07) is 16.8. The van der Waals surface area contributed by atoms with Crippen LogP contribution in [0.2, 0.25) is 0 Å². The molecule has 1 aliphatic carbocycles. The van der Waals surface area contributed by atoms with Crippen molar-refractivity contribution in [1.82, 2.24) is 9.97 Å². The molecule has 2 atom stereocenters. The van der Waals surface area contributed by atoms with Crippen LogP contribution in [0.15, 0.2) is 53.7 Å². The summed E-state index contributed by atoms with van der Waals surface area (Å²) in [5.74, 6) is 1.15. The van der Waals surface area contributed by atoms with E-state index in [0.29, 0.717) is 30.1 Å². The molecule has 5 rings (SSSR count). The monoisotopic (exact) mass is 447 g/mol. The van der Waals surface area contributed by atoms with Gasteiger partial charge in [0, 0.05) is 29.0 Å². The van der Waals surface area contributed by atoms with Crippen molar-refractivity contribution in [2.45, 2.75) is 56.8 Å². The van der Waals surface area contributed by atoms with Crippen LogP contribution in [0.1, 0.15) is 53.6 Å². The van der Waals surface area contributed by atoms with E-state index < -0.39 is 11.2 Å². The zero-order valence-electron chi connectivity index (χ0n) is 18.7. The van der Waals surface area contributed by atoms with Gasteiger partial charge < -0.3 is 14.2 Å². The van der Waals surface area contributed by atoms with E-state index in [-0.39, 0.29) is 0 Å². The van der Waals surface area contributed by atoms with Gasteiger partial charge in [0.2, 0.25) is 5.88 Å². The predicted molar refractivity (Wildman–Crippen MR) is 128 cm³/mol. The van der Waals surface area contributed by atoms with Crippen LogP contribution < -0.4 is 9.64 Å². The van der Waals surface area contributed by atoms with Gasteiger partial charge in [0.15, 0.2) is 0 Å². The molecule has 2 aromatic carbocycles. The highest BCUT2D eigenvalue weighted by Crippen LogP contribution is 2.40. The molecule has 0 amide bonds. The Morgan fingerprint density at radius 2 is 1.94 bits per heavy atom. The van der Waals surface area contributed by atoms with E-state index in [1.807, 2.05) is 30.3 Å². The molecule has 0 spiro atoms. The van der Waals surface area contributed by atoms with E-state index in [1.54, 1.807) is 6.26 Å². The van der Waals surface area contributed by atoms with Crippen LogP contribution >= 0.6 is 0 Å². The molecule has 0 bridgehead atoms. The number of ether oxygens (including phenoxy) is 1. The van der Waals surface area contributed by atoms with Crippen molar-refractivity contribution in [3.05, 3.63) is 76.5 Å². The quantitative estimate of drug-likeness (QED) is 0.415. The summed E-state index contributed by atoms with van der Waals surface area (Å²) in [6.45, 7) is 4.37. The second kappa shape index (κ2) is 9.12. The Balaban J connectivity index is 1.46. The average molecular weight is 448 g/mol. The van der Waals surface area contributed by atoms with Gasteiger partial charge in [-0.05, 0) is 54.4 Å². The van der Waals surface area contributed by atoms with Crippen LogP contribution in [0.25, 0.3) is 0 Å². The smallest absolute Gasteiger partial charge is 0.346 e. The van der Waals surface area contributed by atoms with Crippen molar-refractivity contribution in [2.75, 3.05) is 17.7 Å². The van der Waals surface area contributed by atoms with Gasteiger partial charge >= 0.3 is 5.16 Å². The number of rotatable bonds is 5. The van der Waals surface area contributed by atoms with Crippen molar-refractivity contribution < 1.29 is 9.29 Å². The van der Waals surface area contributed by atoms with Crippen molar-refractivity contribution >= 4 is 16.9 Å². The van der Waals surface area contributed by atoms with E-state index in [9.17, 15) is 4.55 Å². The van der Waals surface area contributed by atoms with Gasteiger partial charge in [-0.25, -0.2) is 0 Å². The molecule has 166 valence electrons. The van der Waals surface area contributed by atoms with Crippen molar-refractivity contribution in [3.63, 3.8) is 0 Å². The van der Waals surface area contributed by atoms with E-state index in [4.69, 9.17) is 9.72 Å². The first kappa shape index (κ1) is 21.3. The molecule has 6 heteroatoms. The van der Waals surface area contributed by atoms with Gasteiger partial charge in [-0.15, -0.1) is 4.98 Å². The fraction of sp³-hybridized carbons (Fsp3) is 0.385. The number of benzene rings is 2. The molecule has 0 saturated heterocycles. The van der Waals surface area contributed by atoms with Gasteiger partial charge in [0.05, 0.1) is 12.2 Å². The highest BCUT2D eigenvalue weighted by molar-refractivity contribution is 7.90. The third kappa shape index (κ3) is 4.21. The maximum atomic E-state index is 12.3. The molecule has 0 fully saturated rings. The van der Waals surface area contributed by atoms with Crippen molar-refractivity contribution in [1.29, 1.82) is 0 Å². The first-order valence-electron chi connectivity index (χ1n) is 11.4. The van der Waals surface area contributed by atoms with Crippen molar-refractivity contribution in [2.24, 2.45) is 0 Å². The SMILES string of the molecule is CC1CCCc2cccc(N3CCc4c(nc([S+](C)[O-])nc4OCc4ccccc4)C3)c21. The Morgan fingerprint density at radius 1 is 1.09 bits per heavy atom. The Bertz CT molecular complexity index is 1100. The second-order valence-electron chi connectivity index (χ2n) is 8.78. The Kier molecular flexibility index (Phi) is 6.07. The van der Waals surface area contributed by atoms with Crippen LogP contribution in [0, 0.1) is 0 Å². The molecule has 2 heterocycles. The lowest BCUT2D eigenvalue weighted by Crippen LogP contribution is -2.33. The molecule has 1 aliphatic heterocycles. The zero-order chi connectivity index (χ0) is 22.1. The average Bonchev–Trinajstić information content (AvgIpc) is 2.82. The molecular formula is C26H29N3O2S. The first-order chi connectivity index (χ1) is 15.6. The molecule has 0 N–H and O–H groups in total. The molecule has 2 unspecified atom stereocenters. The Labute approximate surface area is 193 Å². The highest BCUT2D eigenvalue weighted by atomic mass is 32.2. The minimum absolute atomic E-state index is 0.345. The lowest BCUT2D eigenvalue weighted by molar-refractivity contribution is 0.284. The summed E-state index contributed by atoms with van der Waals surface area (Å²) in [7, 11) is 0. The highest BCUT2D eigenvalue weighted by Gasteiger charge is 2.29. The van der Waals surface area contributed by atoms with Gasteiger partial charge in [-0.2, -0.15) is 4.98 Å². The summed E-state index contributed by atoms with van der Waals surface area (Å²) in [4.78, 5) is 11.7. The second-order valence-corrected chi connectivity index (χ2v) is 10.1. The number of aromatic nitrogens is 2. The normalized spacial score (nSPS) is 18.6. The lowest BCUT2D eigenvalue weighted by Gasteiger charge is -2.35. The topological polar surface area (TPSA) is 61.3 Å². The van der Waals surface area contributed by atoms with Gasteiger partial charge in [0.1, 0.15) is 12.9 Å². The van der Waals surface area contributed by atoms with Gasteiger partial charge in [-0.1, -0.05) is 49.4 Å². The number of anilines is 1. The molecule has 1 aromatic heterocycles. The van der Waals surface area contributed by atoms with Crippen LogP contribution in [0.5, 0.6) is 5.88 Å². The molecular weight excluding hydrogens is 418 g/mol. The third-order valence-corrected chi connectivity index (χ3v) is 7.27. The minimum atomic E-state index is -1.27. The summed E-state index contributed by atoms with van der Waals surface area (Å²) in [6.07, 6.45) is 6.11. The standard InChI is InChI=1S/C26H29N3O2S/c1-18-8-6-11-20-12-7-13-23(24(18)20)29-15-14-21-22(16-29)27-26(32(2)30)28-25(21)31-17-19-9-4-3-5-10-19/h3-5,7,9-10,12-13,18H,6,8,11,14-17H2,1-2H3. The molecule has 0 saturated carbocycles. The van der Waals surface area contributed by atoms with Crippen LogP contribution in [0.4, 0.5) is 5.69 Å². The zero-order valence-corrected chi connectivity index (χ0v) is 19.5. The van der Waals surface area contributed by atoms with Crippen LogP contribution in [-0.2, 0) is 37.2 Å². The fourth-order valence-electron chi connectivity index (χ4n) is 4.96. The number of nitrogens with zero attached hydrogens (tertiary/aromatic N) is 3. The first-order valence-corrected chi connectivity index (χ1v) is 12.9. The largest absolute Gasteiger partial charge is 0.609 e. The molecule has 32 heavy (non-hydrogen) atoms. The molecule has 5 nitrogen and oxygen atoms in total. The summed E-state index contributed by atoms with van der Waals surface area (Å²) >= 11 is -1.27. The summed E-state index contributed by atoms with van der Waals surface area (Å²) in [5, 5.41) is 0.345. The van der Waals surface area contributed by atoms with Crippen LogP contribution in [-0.4, -0.2) is 27.3 Å². The van der Waals surface area contributed by atoms with E-state index >= 15 is 0 Å². The number of hydrogen-bond donors (Lipinski definition) is 0. The van der Waals surface area contributed by atoms with Gasteiger partial charge in [-0.3, -0.25) is 0 Å². The number of fused-ring (bicyclic) bond motifs is 2. The third-order valence-electron chi connectivity index (χ3n) is 6.57. The summed E-state index contributed by atoms with van der Waals surface area (Å²) in [5.41, 5.74) is 7.36. The number of hydrogen-bond acceptors (Lipinski definition) is 5. The van der Waals surface area contributed by atoms with Crippen LogP contribution in [0.3, 0.4) is 0 Å². The number of aryl methyl sites for hydroxylation is 1. The minimum Gasteiger partial charge on any atom is -0.609 e. The molecule has 3 aromatic rings. The van der Waals surface area contributed by atoms with E-state index in [2.05, 4.69) is 35.0 Å². The van der Waals surface area contributed by atoms with Gasteiger partial charge in [0.25, 0.3) is 0 Å². The molecule has 0 radical (unpaired) electrons. The lowest BCUT2D eigenvalue weighted by atomic mass is 9.82. The fourth-order valence-corrected chi connectivity index (χ4v) is 5.41. The Morgan fingerprint density at radius 3 is 2.75 bits per heavy atom. The summed E-state index contributed by atoms with van der Waals surface area (Å²) < 4.78 is 18.4. The maximum absolute atomic E-state index is 12.3. The van der Waals surface area contributed by atoms with Crippen molar-refractivity contribution in [3.8, 4) is 5.88 Å². The van der Waals surface area contributed by atoms with E-state index in [0.717, 1.165) is 36.2 Å². The van der Waals surface area contributed by atoms with E-state index in [1.165, 1.54) is 29.7 Å².